The molecular weight excluding hydrogens is 369 g/mol. The summed E-state index contributed by atoms with van der Waals surface area (Å²) in [5, 5.41) is 9.51. The highest BCUT2D eigenvalue weighted by atomic mass is 19.1. The molecule has 0 spiro atoms. The third kappa shape index (κ3) is 7.84. The summed E-state index contributed by atoms with van der Waals surface area (Å²) in [6, 6.07) is 6.39. The average molecular weight is 402 g/mol. The zero-order valence-corrected chi connectivity index (χ0v) is 17.9. The Morgan fingerprint density at radius 1 is 1.10 bits per heavy atom. The van der Waals surface area contributed by atoms with Crippen molar-refractivity contribution in [3.8, 4) is 17.0 Å². The van der Waals surface area contributed by atoms with Gasteiger partial charge in [0.05, 0.1) is 0 Å². The molecule has 0 atom stereocenters. The molecule has 0 fully saturated rings. The lowest BCUT2D eigenvalue weighted by molar-refractivity contribution is -0.154. The number of carbonyl (C=O) groups is 1. The minimum absolute atomic E-state index is 0.136. The molecule has 0 radical (unpaired) electrons. The van der Waals surface area contributed by atoms with Crippen molar-refractivity contribution >= 4 is 5.97 Å². The van der Waals surface area contributed by atoms with Crippen molar-refractivity contribution < 1.29 is 19.0 Å². The van der Waals surface area contributed by atoms with E-state index >= 15 is 0 Å². The first-order chi connectivity index (χ1) is 13.7. The van der Waals surface area contributed by atoms with Crippen LogP contribution in [0.3, 0.4) is 0 Å². The van der Waals surface area contributed by atoms with Gasteiger partial charge in [-0.15, -0.1) is 0 Å². The van der Waals surface area contributed by atoms with Gasteiger partial charge in [0.2, 0.25) is 0 Å². The molecule has 0 saturated heterocycles. The predicted octanol–water partition coefficient (Wildman–Crippen LogP) is 6.13. The lowest BCUT2D eigenvalue weighted by Gasteiger charge is -2.19. The fourth-order valence-electron chi connectivity index (χ4n) is 3.25. The number of aromatic hydroxyl groups is 1. The Morgan fingerprint density at radius 3 is 2.45 bits per heavy atom. The van der Waals surface area contributed by atoms with Crippen LogP contribution >= 0.6 is 0 Å². The summed E-state index contributed by atoms with van der Waals surface area (Å²) in [5.74, 6) is -0.314. The first kappa shape index (κ1) is 22.9. The minimum Gasteiger partial charge on any atom is -0.508 e. The highest BCUT2D eigenvalue weighted by Gasteiger charge is 2.15. The van der Waals surface area contributed by atoms with Gasteiger partial charge in [-0.25, -0.2) is 4.39 Å². The highest BCUT2D eigenvalue weighted by Crippen LogP contribution is 2.27. The van der Waals surface area contributed by atoms with Crippen LogP contribution in [0.4, 0.5) is 4.39 Å². The first-order valence-electron chi connectivity index (χ1n) is 10.3. The second kappa shape index (κ2) is 10.4. The summed E-state index contributed by atoms with van der Waals surface area (Å²) < 4.78 is 19.8. The van der Waals surface area contributed by atoms with Crippen LogP contribution in [0.1, 0.15) is 70.4 Å². The summed E-state index contributed by atoms with van der Waals surface area (Å²) in [7, 11) is 0. The number of rotatable bonds is 9. The number of carbonyl (C=O) groups excluding carboxylic acids is 1. The molecule has 0 aliphatic carbocycles. The number of nitrogens with zero attached hydrogens (tertiary/aromatic N) is 1. The Kier molecular flexibility index (Phi) is 8.18. The minimum atomic E-state index is -0.420. The molecule has 0 bridgehead atoms. The van der Waals surface area contributed by atoms with Gasteiger partial charge in [0.25, 0.3) is 0 Å². The molecule has 0 aliphatic heterocycles. The predicted molar refractivity (Wildman–Crippen MR) is 113 cm³/mol. The normalized spacial score (nSPS) is 11.5. The van der Waals surface area contributed by atoms with Crippen molar-refractivity contribution in [1.29, 1.82) is 0 Å². The molecule has 2 aromatic rings. The summed E-state index contributed by atoms with van der Waals surface area (Å²) in [6.07, 6.45) is 7.85. The maximum absolute atomic E-state index is 14.5. The number of unbranched alkanes of at least 4 members (excludes halogenated alkanes) is 4. The molecule has 2 rings (SSSR count). The molecule has 1 aromatic heterocycles. The van der Waals surface area contributed by atoms with E-state index in [1.165, 1.54) is 0 Å². The van der Waals surface area contributed by atoms with Crippen LogP contribution in [0, 0.1) is 12.7 Å². The summed E-state index contributed by atoms with van der Waals surface area (Å²) in [4.78, 5) is 16.0. The lowest BCUT2D eigenvalue weighted by atomic mass is 10.0. The number of phenolic OH excluding ortho intramolecular Hbond substituents is 1. The molecule has 0 saturated carbocycles. The molecular formula is C24H32FNO3. The fraction of sp³-hybridized carbons (Fsp3) is 0.500. The van der Waals surface area contributed by atoms with Gasteiger partial charge < -0.3 is 9.84 Å². The van der Waals surface area contributed by atoms with Gasteiger partial charge in [0.1, 0.15) is 22.9 Å². The number of aryl methyl sites for hydroxylation is 2. The van der Waals surface area contributed by atoms with Gasteiger partial charge in [-0.3, -0.25) is 9.78 Å². The van der Waals surface area contributed by atoms with Crippen molar-refractivity contribution in [3.63, 3.8) is 0 Å². The van der Waals surface area contributed by atoms with E-state index in [1.54, 1.807) is 30.5 Å². The number of hydrogen-bond donors (Lipinski definition) is 1. The third-order valence-electron chi connectivity index (χ3n) is 4.63. The Labute approximate surface area is 173 Å². The quantitative estimate of drug-likeness (QED) is 0.406. The maximum Gasteiger partial charge on any atom is 0.306 e. The second-order valence-electron chi connectivity index (χ2n) is 8.53. The van der Waals surface area contributed by atoms with Gasteiger partial charge in [0.15, 0.2) is 0 Å². The molecule has 1 N–H and O–H groups in total. The molecule has 0 aliphatic rings. The summed E-state index contributed by atoms with van der Waals surface area (Å²) in [5.41, 5.74) is 2.26. The van der Waals surface area contributed by atoms with Crippen molar-refractivity contribution in [1.82, 2.24) is 4.98 Å². The largest absolute Gasteiger partial charge is 0.508 e. The smallest absolute Gasteiger partial charge is 0.306 e. The lowest BCUT2D eigenvalue weighted by Crippen LogP contribution is -2.23. The van der Waals surface area contributed by atoms with E-state index in [2.05, 4.69) is 4.98 Å². The van der Waals surface area contributed by atoms with Crippen molar-refractivity contribution in [2.45, 2.75) is 78.2 Å². The molecule has 1 aromatic carbocycles. The second-order valence-corrected chi connectivity index (χ2v) is 8.53. The van der Waals surface area contributed by atoms with E-state index in [0.717, 1.165) is 49.7 Å². The van der Waals surface area contributed by atoms with E-state index < -0.39 is 5.60 Å². The molecule has 1 heterocycles. The maximum atomic E-state index is 14.5. The number of hydrogen-bond acceptors (Lipinski definition) is 4. The fourth-order valence-corrected chi connectivity index (χ4v) is 3.25. The Hall–Kier alpha value is -2.43. The van der Waals surface area contributed by atoms with Crippen LogP contribution in [0.5, 0.6) is 5.75 Å². The number of pyridine rings is 1. The van der Waals surface area contributed by atoms with Gasteiger partial charge >= 0.3 is 5.97 Å². The van der Waals surface area contributed by atoms with E-state index in [4.69, 9.17) is 4.74 Å². The standard InChI is InChI=1S/C24H32FNO3/c1-17-14-19(27)12-13-20(17)23-21(25)15-18(16-26-23)10-8-6-5-7-9-11-22(28)29-24(2,3)4/h12-16,27H,5-11H2,1-4H3. The van der Waals surface area contributed by atoms with E-state index in [0.29, 0.717) is 17.7 Å². The van der Waals surface area contributed by atoms with Crippen LogP contribution in [-0.4, -0.2) is 21.7 Å². The van der Waals surface area contributed by atoms with Gasteiger partial charge in [-0.05, 0) is 82.3 Å². The number of phenols is 1. The van der Waals surface area contributed by atoms with Crippen LogP contribution in [-0.2, 0) is 16.0 Å². The number of ether oxygens (including phenoxy) is 1. The third-order valence-corrected chi connectivity index (χ3v) is 4.63. The molecule has 29 heavy (non-hydrogen) atoms. The topological polar surface area (TPSA) is 59.4 Å². The Bertz CT molecular complexity index is 827. The van der Waals surface area contributed by atoms with Gasteiger partial charge in [-0.1, -0.05) is 19.3 Å². The van der Waals surface area contributed by atoms with Crippen molar-refractivity contribution in [2.75, 3.05) is 0 Å². The highest BCUT2D eigenvalue weighted by molar-refractivity contribution is 5.69. The zero-order chi connectivity index (χ0) is 21.4. The monoisotopic (exact) mass is 401 g/mol. The van der Waals surface area contributed by atoms with Crippen LogP contribution in [0.15, 0.2) is 30.5 Å². The summed E-state index contributed by atoms with van der Waals surface area (Å²) in [6.45, 7) is 7.45. The van der Waals surface area contributed by atoms with E-state index in [1.807, 2.05) is 27.7 Å². The van der Waals surface area contributed by atoms with E-state index in [-0.39, 0.29) is 17.5 Å². The zero-order valence-electron chi connectivity index (χ0n) is 17.9. The molecule has 0 amide bonds. The number of benzene rings is 1. The molecule has 158 valence electrons. The number of esters is 1. The van der Waals surface area contributed by atoms with E-state index in [9.17, 15) is 14.3 Å². The summed E-state index contributed by atoms with van der Waals surface area (Å²) >= 11 is 0. The van der Waals surface area contributed by atoms with Crippen molar-refractivity contribution in [3.05, 3.63) is 47.4 Å². The molecule has 4 nitrogen and oxygen atoms in total. The Balaban J connectivity index is 1.72. The Morgan fingerprint density at radius 2 is 1.79 bits per heavy atom. The number of aromatic nitrogens is 1. The molecule has 5 heteroatoms. The first-order valence-corrected chi connectivity index (χ1v) is 10.3. The van der Waals surface area contributed by atoms with Crippen LogP contribution in [0.25, 0.3) is 11.3 Å². The van der Waals surface area contributed by atoms with Gasteiger partial charge in [0, 0.05) is 18.2 Å². The van der Waals surface area contributed by atoms with Gasteiger partial charge in [-0.2, -0.15) is 0 Å². The average Bonchev–Trinajstić information content (AvgIpc) is 2.60. The number of halogens is 1. The van der Waals surface area contributed by atoms with Crippen LogP contribution in [0.2, 0.25) is 0 Å². The van der Waals surface area contributed by atoms with Crippen LogP contribution < -0.4 is 0 Å². The van der Waals surface area contributed by atoms with Crippen molar-refractivity contribution in [2.24, 2.45) is 0 Å². The molecule has 0 unspecified atom stereocenters. The SMILES string of the molecule is Cc1cc(O)ccc1-c1ncc(CCCCCCCC(=O)OC(C)(C)C)cc1F.